The van der Waals surface area contributed by atoms with E-state index in [0.717, 1.165) is 12.8 Å². The van der Waals surface area contributed by atoms with Gasteiger partial charge in [-0.05, 0) is 44.1 Å². The molecule has 0 saturated heterocycles. The maximum atomic E-state index is 6.28. The molecule has 0 bridgehead atoms. The van der Waals surface area contributed by atoms with E-state index in [1.807, 2.05) is 0 Å². The van der Waals surface area contributed by atoms with Crippen LogP contribution in [0.1, 0.15) is 48.3 Å². The van der Waals surface area contributed by atoms with E-state index < -0.39 is 0 Å². The van der Waals surface area contributed by atoms with Gasteiger partial charge in [0, 0.05) is 5.56 Å². The first-order valence-electron chi connectivity index (χ1n) is 7.98. The highest BCUT2D eigenvalue weighted by molar-refractivity contribution is 5.72. The second-order valence-corrected chi connectivity index (χ2v) is 6.06. The molecule has 0 fully saturated rings. The van der Waals surface area contributed by atoms with Crippen LogP contribution in [-0.4, -0.2) is 0 Å². The molecule has 2 aliphatic rings. The summed E-state index contributed by atoms with van der Waals surface area (Å²) < 4.78 is 6.28. The van der Waals surface area contributed by atoms with Gasteiger partial charge in [0.25, 0.3) is 0 Å². The fraction of sp³-hybridized carbons (Fsp3) is 0.421. The number of fused-ring (bicyclic) bond motifs is 2. The van der Waals surface area contributed by atoms with Crippen LogP contribution >= 0.6 is 0 Å². The van der Waals surface area contributed by atoms with Crippen molar-refractivity contribution < 1.29 is 4.42 Å². The number of aryl methyl sites for hydroxylation is 2. The topological polar surface area (TPSA) is 11.3 Å². The van der Waals surface area contributed by atoms with Crippen LogP contribution in [-0.2, 0) is 25.7 Å². The first kappa shape index (κ1) is 12.1. The molecule has 0 spiro atoms. The van der Waals surface area contributed by atoms with Crippen molar-refractivity contribution in [1.82, 2.24) is 0 Å². The van der Waals surface area contributed by atoms with Gasteiger partial charge in [-0.3, -0.25) is 0 Å². The molecule has 0 amide bonds. The third-order valence-electron chi connectivity index (χ3n) is 4.75. The Hall–Kier alpha value is -1.63. The molecule has 0 radical (unpaired) electrons. The minimum Gasteiger partial charge on any atom is -0.217 e. The summed E-state index contributed by atoms with van der Waals surface area (Å²) in [5.41, 5.74) is 5.91. The summed E-state index contributed by atoms with van der Waals surface area (Å²) in [7, 11) is 0. The van der Waals surface area contributed by atoms with Crippen molar-refractivity contribution in [2.24, 2.45) is 0 Å². The summed E-state index contributed by atoms with van der Waals surface area (Å²) in [4.78, 5) is 0. The molecule has 2 aliphatic carbocycles. The molecule has 2 aromatic rings. The fourth-order valence-corrected chi connectivity index (χ4v) is 3.79. The highest BCUT2D eigenvalue weighted by Gasteiger charge is 2.32. The third kappa shape index (κ3) is 1.96. The lowest BCUT2D eigenvalue weighted by Crippen LogP contribution is -2.12. The number of hydrogen-bond donors (Lipinski definition) is 0. The van der Waals surface area contributed by atoms with Crippen molar-refractivity contribution in [1.29, 1.82) is 0 Å². The first-order valence-corrected chi connectivity index (χ1v) is 7.98. The molecule has 0 unspecified atom stereocenters. The zero-order valence-corrected chi connectivity index (χ0v) is 12.0. The summed E-state index contributed by atoms with van der Waals surface area (Å²) in [6.07, 6.45) is 9.81. The van der Waals surface area contributed by atoms with Crippen LogP contribution in [0.5, 0.6) is 0 Å². The number of rotatable bonds is 1. The van der Waals surface area contributed by atoms with Crippen molar-refractivity contribution in [2.45, 2.75) is 51.4 Å². The predicted octanol–water partition coefficient (Wildman–Crippen LogP) is 4.99. The molecular weight excluding hydrogens is 244 g/mol. The highest BCUT2D eigenvalue weighted by Crippen LogP contribution is 2.39. The maximum absolute atomic E-state index is 6.28. The van der Waals surface area contributed by atoms with Crippen LogP contribution < -0.4 is 0 Å². The second-order valence-electron chi connectivity index (χ2n) is 6.06. The normalized spacial score (nSPS) is 17.4. The lowest BCUT2D eigenvalue weighted by Gasteiger charge is -2.19. The van der Waals surface area contributed by atoms with Gasteiger partial charge >= 0.3 is 11.5 Å². The van der Waals surface area contributed by atoms with E-state index in [9.17, 15) is 0 Å². The van der Waals surface area contributed by atoms with Crippen LogP contribution in [0.15, 0.2) is 34.7 Å². The van der Waals surface area contributed by atoms with Crippen molar-refractivity contribution >= 4 is 0 Å². The summed E-state index contributed by atoms with van der Waals surface area (Å²) in [6.45, 7) is 0. The lowest BCUT2D eigenvalue weighted by molar-refractivity contribution is 0.397. The van der Waals surface area contributed by atoms with E-state index in [1.165, 1.54) is 72.3 Å². The van der Waals surface area contributed by atoms with Gasteiger partial charge in [-0.2, -0.15) is 0 Å². The zero-order valence-electron chi connectivity index (χ0n) is 12.0. The molecule has 1 nitrogen and oxygen atoms in total. The Bertz CT molecular complexity index is 594. The summed E-state index contributed by atoms with van der Waals surface area (Å²) in [5.74, 6) is 2.55. The Kier molecular flexibility index (Phi) is 3.06. The average Bonchev–Trinajstić information content (AvgIpc) is 2.53. The molecule has 1 heterocycles. The monoisotopic (exact) mass is 265 g/mol. The zero-order chi connectivity index (χ0) is 13.4. The molecule has 0 saturated carbocycles. The van der Waals surface area contributed by atoms with Crippen LogP contribution in [0.3, 0.4) is 0 Å². The molecule has 102 valence electrons. The van der Waals surface area contributed by atoms with Crippen LogP contribution in [0.2, 0.25) is 0 Å². The van der Waals surface area contributed by atoms with Crippen LogP contribution in [0.25, 0.3) is 11.1 Å². The minimum absolute atomic E-state index is 1.13. The summed E-state index contributed by atoms with van der Waals surface area (Å²) in [6, 6.07) is 10.9. The van der Waals surface area contributed by atoms with Crippen molar-refractivity contribution in [2.75, 3.05) is 0 Å². The minimum atomic E-state index is 1.13. The van der Waals surface area contributed by atoms with Gasteiger partial charge in [-0.1, -0.05) is 30.3 Å². The van der Waals surface area contributed by atoms with E-state index in [1.54, 1.807) is 0 Å². The van der Waals surface area contributed by atoms with Gasteiger partial charge < -0.3 is 0 Å². The van der Waals surface area contributed by atoms with Crippen molar-refractivity contribution in [3.05, 3.63) is 53.0 Å². The van der Waals surface area contributed by atoms with E-state index in [4.69, 9.17) is 4.42 Å². The summed E-state index contributed by atoms with van der Waals surface area (Å²) in [5, 5.41) is 0. The van der Waals surface area contributed by atoms with Gasteiger partial charge in [0.05, 0.1) is 24.0 Å². The Balaban J connectivity index is 1.98. The Morgan fingerprint density at radius 2 is 1.20 bits per heavy atom. The first-order chi connectivity index (χ1) is 9.93. The number of benzene rings is 1. The van der Waals surface area contributed by atoms with Crippen molar-refractivity contribution in [3.8, 4) is 11.1 Å². The largest absolute Gasteiger partial charge is 0.333 e. The average molecular weight is 265 g/mol. The van der Waals surface area contributed by atoms with Crippen LogP contribution in [0, 0.1) is 0 Å². The molecule has 0 N–H and O–H groups in total. The molecule has 1 heteroatoms. The predicted molar refractivity (Wildman–Crippen MR) is 81.8 cm³/mol. The molecule has 0 atom stereocenters. The van der Waals surface area contributed by atoms with Gasteiger partial charge in [-0.25, -0.2) is 4.42 Å². The van der Waals surface area contributed by atoms with Gasteiger partial charge in [0.15, 0.2) is 0 Å². The molecule has 20 heavy (non-hydrogen) atoms. The smallest absolute Gasteiger partial charge is 0.217 e. The fourth-order valence-electron chi connectivity index (χ4n) is 3.79. The van der Waals surface area contributed by atoms with Gasteiger partial charge in [-0.15, -0.1) is 0 Å². The van der Waals surface area contributed by atoms with E-state index in [0.29, 0.717) is 0 Å². The molecule has 4 rings (SSSR count). The number of hydrogen-bond acceptors (Lipinski definition) is 0. The Morgan fingerprint density at radius 1 is 0.650 bits per heavy atom. The Labute approximate surface area is 120 Å². The van der Waals surface area contributed by atoms with E-state index >= 15 is 0 Å². The van der Waals surface area contributed by atoms with Crippen LogP contribution in [0.4, 0.5) is 0 Å². The lowest BCUT2D eigenvalue weighted by atomic mass is 9.83. The quantitative estimate of drug-likeness (QED) is 0.661. The van der Waals surface area contributed by atoms with Crippen molar-refractivity contribution in [3.63, 3.8) is 0 Å². The molecule has 1 aromatic heterocycles. The van der Waals surface area contributed by atoms with Gasteiger partial charge in [0.1, 0.15) is 0 Å². The third-order valence-corrected chi connectivity index (χ3v) is 4.75. The van der Waals surface area contributed by atoms with E-state index in [-0.39, 0.29) is 0 Å². The second kappa shape index (κ2) is 5.05. The van der Waals surface area contributed by atoms with E-state index in [2.05, 4.69) is 30.3 Å². The molecule has 1 aromatic carbocycles. The van der Waals surface area contributed by atoms with Gasteiger partial charge in [0.2, 0.25) is 0 Å². The SMILES string of the molecule is c1ccc(-c2c3c([o+]c4c2CCCC4)CCCC3)cc1. The maximum Gasteiger partial charge on any atom is 0.333 e. The standard InChI is InChI=1S/C19H21O/c1-2-8-14(9-3-1)19-15-10-4-6-12-17(15)20-18-13-7-5-11-16(18)19/h1-3,8-9H,4-7,10-13H2/q+1. The molecular formula is C19H21O+. The molecule has 0 aliphatic heterocycles. The summed E-state index contributed by atoms with van der Waals surface area (Å²) >= 11 is 0. The highest BCUT2D eigenvalue weighted by atomic mass is 16.3. The Morgan fingerprint density at radius 3 is 1.80 bits per heavy atom.